The maximum atomic E-state index is 13.5. The Labute approximate surface area is 104 Å². The third kappa shape index (κ3) is 2.22. The van der Waals surface area contributed by atoms with Crippen molar-refractivity contribution in [3.8, 4) is 10.6 Å². The number of benzene rings is 1. The minimum atomic E-state index is -1.24. The van der Waals surface area contributed by atoms with Crippen molar-refractivity contribution >= 4 is 33.9 Å². The van der Waals surface area contributed by atoms with Crippen molar-refractivity contribution in [3.63, 3.8) is 0 Å². The van der Waals surface area contributed by atoms with Gasteiger partial charge in [-0.15, -0.1) is 0 Å². The molecule has 1 aromatic heterocycles. The van der Waals surface area contributed by atoms with E-state index in [4.69, 9.17) is 22.4 Å². The number of hydrogen-bond donors (Lipinski definition) is 2. The number of halogens is 2. The van der Waals surface area contributed by atoms with E-state index < -0.39 is 11.8 Å². The Morgan fingerprint density at radius 3 is 2.82 bits per heavy atom. The van der Waals surface area contributed by atoms with Crippen LogP contribution >= 0.6 is 22.9 Å². The number of thiazole rings is 1. The van der Waals surface area contributed by atoms with E-state index in [0.29, 0.717) is 5.02 Å². The molecule has 0 aliphatic carbocycles. The molecular weight excluding hydrogens is 267 g/mol. The molecule has 0 amide bonds. The van der Waals surface area contributed by atoms with Crippen LogP contribution in [0, 0.1) is 5.82 Å². The molecule has 0 bridgehead atoms. The highest BCUT2D eigenvalue weighted by atomic mass is 35.5. The van der Waals surface area contributed by atoms with Crippen LogP contribution in [0.5, 0.6) is 0 Å². The van der Waals surface area contributed by atoms with E-state index in [2.05, 4.69) is 4.98 Å². The summed E-state index contributed by atoms with van der Waals surface area (Å²) in [7, 11) is 0. The van der Waals surface area contributed by atoms with Crippen molar-refractivity contribution in [2.75, 3.05) is 5.73 Å². The third-order valence-electron chi connectivity index (χ3n) is 2.01. The van der Waals surface area contributed by atoms with Gasteiger partial charge in [-0.05, 0) is 18.2 Å². The summed E-state index contributed by atoms with van der Waals surface area (Å²) in [6.45, 7) is 0. The summed E-state index contributed by atoms with van der Waals surface area (Å²) in [6.07, 6.45) is 0. The van der Waals surface area contributed by atoms with Gasteiger partial charge in [0, 0.05) is 10.6 Å². The van der Waals surface area contributed by atoms with Gasteiger partial charge >= 0.3 is 5.97 Å². The van der Waals surface area contributed by atoms with E-state index in [-0.39, 0.29) is 21.3 Å². The summed E-state index contributed by atoms with van der Waals surface area (Å²) in [5.41, 5.74) is 5.35. The molecule has 0 saturated carbocycles. The number of aromatic nitrogens is 1. The van der Waals surface area contributed by atoms with Gasteiger partial charge in [0.05, 0.1) is 0 Å². The fourth-order valence-corrected chi connectivity index (χ4v) is 2.28. The Balaban J connectivity index is 2.57. The van der Waals surface area contributed by atoms with Gasteiger partial charge in [-0.2, -0.15) is 0 Å². The topological polar surface area (TPSA) is 76.2 Å². The number of nitrogens with two attached hydrogens (primary N) is 1. The molecule has 3 N–H and O–H groups in total. The summed E-state index contributed by atoms with van der Waals surface area (Å²) in [4.78, 5) is 14.5. The molecular formula is C10H6ClFN2O2S. The first-order valence-corrected chi connectivity index (χ1v) is 5.63. The zero-order chi connectivity index (χ0) is 12.6. The SMILES string of the molecule is Nc1sc(-c2cc(Cl)ccc2F)nc1C(=O)O. The number of carboxylic acids is 1. The average Bonchev–Trinajstić information content (AvgIpc) is 2.64. The van der Waals surface area contributed by atoms with Gasteiger partial charge in [0.1, 0.15) is 15.8 Å². The number of rotatable bonds is 2. The Morgan fingerprint density at radius 1 is 1.53 bits per heavy atom. The van der Waals surface area contributed by atoms with E-state index >= 15 is 0 Å². The van der Waals surface area contributed by atoms with Gasteiger partial charge in [-0.1, -0.05) is 22.9 Å². The second kappa shape index (κ2) is 4.31. The van der Waals surface area contributed by atoms with Crippen LogP contribution in [0.1, 0.15) is 10.5 Å². The largest absolute Gasteiger partial charge is 0.476 e. The predicted octanol–water partition coefficient (Wildman–Crippen LogP) is 2.88. The maximum absolute atomic E-state index is 13.5. The molecule has 0 aliphatic heterocycles. The Morgan fingerprint density at radius 2 is 2.24 bits per heavy atom. The second-order valence-electron chi connectivity index (χ2n) is 3.16. The maximum Gasteiger partial charge on any atom is 0.357 e. The van der Waals surface area contributed by atoms with Crippen LogP contribution in [0.15, 0.2) is 18.2 Å². The molecule has 0 saturated heterocycles. The van der Waals surface area contributed by atoms with E-state index in [1.165, 1.54) is 18.2 Å². The summed E-state index contributed by atoms with van der Waals surface area (Å²) < 4.78 is 13.5. The lowest BCUT2D eigenvalue weighted by Crippen LogP contribution is -2.00. The van der Waals surface area contributed by atoms with Crippen molar-refractivity contribution in [1.29, 1.82) is 0 Å². The molecule has 0 fully saturated rings. The zero-order valence-corrected chi connectivity index (χ0v) is 9.85. The van der Waals surface area contributed by atoms with Crippen molar-refractivity contribution in [2.45, 2.75) is 0 Å². The molecule has 0 spiro atoms. The number of aromatic carboxylic acids is 1. The van der Waals surface area contributed by atoms with Gasteiger partial charge in [-0.25, -0.2) is 14.2 Å². The fraction of sp³-hybridized carbons (Fsp3) is 0. The lowest BCUT2D eigenvalue weighted by atomic mass is 10.2. The molecule has 1 heterocycles. The van der Waals surface area contributed by atoms with Gasteiger partial charge in [0.25, 0.3) is 0 Å². The molecule has 88 valence electrons. The van der Waals surface area contributed by atoms with Gasteiger partial charge in [-0.3, -0.25) is 0 Å². The highest BCUT2D eigenvalue weighted by Gasteiger charge is 2.18. The van der Waals surface area contributed by atoms with Crippen molar-refractivity contribution in [1.82, 2.24) is 4.98 Å². The molecule has 0 aliphatic rings. The van der Waals surface area contributed by atoms with Gasteiger partial charge < -0.3 is 10.8 Å². The van der Waals surface area contributed by atoms with Gasteiger partial charge in [0.2, 0.25) is 0 Å². The molecule has 2 aromatic rings. The van der Waals surface area contributed by atoms with E-state index in [1.54, 1.807) is 0 Å². The molecule has 0 atom stereocenters. The number of nitrogens with zero attached hydrogens (tertiary/aromatic N) is 1. The summed E-state index contributed by atoms with van der Waals surface area (Å²) in [6, 6.07) is 3.96. The minimum absolute atomic E-state index is 0.0341. The molecule has 1 aromatic carbocycles. The fourth-order valence-electron chi connectivity index (χ4n) is 1.26. The van der Waals surface area contributed by atoms with Crippen LogP contribution in [0.25, 0.3) is 10.6 Å². The van der Waals surface area contributed by atoms with E-state index in [1.807, 2.05) is 0 Å². The second-order valence-corrected chi connectivity index (χ2v) is 4.63. The van der Waals surface area contributed by atoms with E-state index in [0.717, 1.165) is 11.3 Å². The van der Waals surface area contributed by atoms with Crippen molar-refractivity contribution in [3.05, 3.63) is 34.7 Å². The monoisotopic (exact) mass is 272 g/mol. The lowest BCUT2D eigenvalue weighted by Gasteiger charge is -1.98. The number of carboxylic acid groups (broad SMARTS) is 1. The Bertz CT molecular complexity index is 600. The molecule has 0 unspecified atom stereocenters. The molecule has 2 rings (SSSR count). The zero-order valence-electron chi connectivity index (χ0n) is 8.28. The van der Waals surface area contributed by atoms with Crippen LogP contribution in [0.3, 0.4) is 0 Å². The Kier molecular flexibility index (Phi) is 2.99. The van der Waals surface area contributed by atoms with Crippen molar-refractivity contribution in [2.24, 2.45) is 0 Å². The first kappa shape index (κ1) is 11.8. The normalized spacial score (nSPS) is 10.5. The molecule has 4 nitrogen and oxygen atoms in total. The Hall–Kier alpha value is -1.66. The summed E-state index contributed by atoms with van der Waals surface area (Å²) in [5.74, 6) is -1.77. The van der Waals surface area contributed by atoms with Crippen LogP contribution in [0.2, 0.25) is 5.02 Å². The quantitative estimate of drug-likeness (QED) is 0.881. The van der Waals surface area contributed by atoms with Crippen LogP contribution in [0.4, 0.5) is 9.39 Å². The number of nitrogen functional groups attached to an aromatic ring is 1. The smallest absolute Gasteiger partial charge is 0.357 e. The van der Waals surface area contributed by atoms with Crippen LogP contribution < -0.4 is 5.73 Å². The van der Waals surface area contributed by atoms with Crippen molar-refractivity contribution < 1.29 is 14.3 Å². The third-order valence-corrected chi connectivity index (χ3v) is 3.17. The highest BCUT2D eigenvalue weighted by Crippen LogP contribution is 2.32. The summed E-state index contributed by atoms with van der Waals surface area (Å²) >= 11 is 6.64. The van der Waals surface area contributed by atoms with Crippen LogP contribution in [-0.4, -0.2) is 16.1 Å². The first-order valence-electron chi connectivity index (χ1n) is 4.44. The van der Waals surface area contributed by atoms with Gasteiger partial charge in [0.15, 0.2) is 5.69 Å². The van der Waals surface area contributed by atoms with E-state index in [9.17, 15) is 9.18 Å². The number of anilines is 1. The molecule has 17 heavy (non-hydrogen) atoms. The number of hydrogen-bond acceptors (Lipinski definition) is 4. The van der Waals surface area contributed by atoms with Crippen LogP contribution in [-0.2, 0) is 0 Å². The standard InChI is InChI=1S/C10H6ClFN2O2S/c11-4-1-2-6(12)5(3-4)9-14-7(10(15)16)8(13)17-9/h1-3H,13H2,(H,15,16). The first-order chi connectivity index (χ1) is 7.99. The molecule has 7 heteroatoms. The summed E-state index contributed by atoms with van der Waals surface area (Å²) in [5, 5.41) is 9.36. The lowest BCUT2D eigenvalue weighted by molar-refractivity contribution is 0.0692. The average molecular weight is 273 g/mol. The highest BCUT2D eigenvalue weighted by molar-refractivity contribution is 7.19. The minimum Gasteiger partial charge on any atom is -0.476 e. The molecule has 0 radical (unpaired) electrons. The number of carbonyl (C=O) groups is 1. The predicted molar refractivity (Wildman–Crippen MR) is 63.9 cm³/mol.